The first-order valence-electron chi connectivity index (χ1n) is 8.28. The Morgan fingerprint density at radius 3 is 2.54 bits per heavy atom. The van der Waals surface area contributed by atoms with E-state index in [1.54, 1.807) is 24.4 Å². The summed E-state index contributed by atoms with van der Waals surface area (Å²) in [6.45, 7) is 6.07. The number of ether oxygens (including phenoxy) is 1. The Morgan fingerprint density at radius 1 is 1.23 bits per heavy atom. The van der Waals surface area contributed by atoms with Gasteiger partial charge >= 0.3 is 0 Å². The van der Waals surface area contributed by atoms with E-state index in [2.05, 4.69) is 51.9 Å². The number of benzene rings is 2. The molecule has 0 spiro atoms. The molecule has 7 heteroatoms. The smallest absolute Gasteiger partial charge is 0.277 e. The van der Waals surface area contributed by atoms with Crippen molar-refractivity contribution in [3.05, 3.63) is 56.6 Å². The molecule has 5 nitrogen and oxygen atoms in total. The molecule has 0 aromatic heterocycles. The largest absolute Gasteiger partial charge is 0.483 e. The number of amides is 1. The van der Waals surface area contributed by atoms with Crippen molar-refractivity contribution in [2.75, 3.05) is 24.6 Å². The van der Waals surface area contributed by atoms with Gasteiger partial charge in [0.1, 0.15) is 5.75 Å². The topological polar surface area (TPSA) is 53.9 Å². The van der Waals surface area contributed by atoms with Crippen LogP contribution in [0.4, 0.5) is 5.69 Å². The molecule has 138 valence electrons. The van der Waals surface area contributed by atoms with E-state index in [1.807, 2.05) is 24.3 Å². The number of hydrogen-bond donors (Lipinski definition) is 1. The molecular formula is C19H21ClIN3O2. The number of nitrogens with one attached hydrogen (secondary N) is 1. The maximum atomic E-state index is 11.8. The van der Waals surface area contributed by atoms with Crippen LogP contribution in [-0.2, 0) is 4.79 Å². The number of hydrogen-bond acceptors (Lipinski definition) is 4. The highest BCUT2D eigenvalue weighted by Gasteiger charge is 2.05. The van der Waals surface area contributed by atoms with Crippen LogP contribution < -0.4 is 15.1 Å². The lowest BCUT2D eigenvalue weighted by Crippen LogP contribution is -2.24. The van der Waals surface area contributed by atoms with Crippen LogP contribution in [0.2, 0.25) is 5.02 Å². The number of carbonyl (C=O) groups is 1. The van der Waals surface area contributed by atoms with E-state index in [0.29, 0.717) is 10.8 Å². The summed E-state index contributed by atoms with van der Waals surface area (Å²) in [5, 5.41) is 4.59. The van der Waals surface area contributed by atoms with Gasteiger partial charge in [-0.25, -0.2) is 5.43 Å². The van der Waals surface area contributed by atoms with E-state index in [1.165, 1.54) is 5.69 Å². The summed E-state index contributed by atoms with van der Waals surface area (Å²) < 4.78 is 6.31. The fourth-order valence-corrected chi connectivity index (χ4v) is 3.33. The fraction of sp³-hybridized carbons (Fsp3) is 0.263. The minimum Gasteiger partial charge on any atom is -0.483 e. The second-order valence-corrected chi connectivity index (χ2v) is 7.02. The Kier molecular flexibility index (Phi) is 8.18. The van der Waals surface area contributed by atoms with Gasteiger partial charge in [-0.15, -0.1) is 0 Å². The van der Waals surface area contributed by atoms with Crippen molar-refractivity contribution in [1.82, 2.24) is 5.43 Å². The summed E-state index contributed by atoms with van der Waals surface area (Å²) in [6.07, 6.45) is 1.61. The second-order valence-electron chi connectivity index (χ2n) is 5.42. The Labute approximate surface area is 172 Å². The summed E-state index contributed by atoms with van der Waals surface area (Å²) in [5.41, 5.74) is 4.54. The Bertz CT molecular complexity index is 762. The zero-order valence-corrected chi connectivity index (χ0v) is 17.6. The zero-order chi connectivity index (χ0) is 18.9. The highest BCUT2D eigenvalue weighted by Crippen LogP contribution is 2.24. The molecule has 0 bridgehead atoms. The first-order valence-corrected chi connectivity index (χ1v) is 9.74. The van der Waals surface area contributed by atoms with Crippen LogP contribution in [0.1, 0.15) is 19.4 Å². The van der Waals surface area contributed by atoms with Crippen LogP contribution in [0.15, 0.2) is 47.6 Å². The van der Waals surface area contributed by atoms with Gasteiger partial charge in [-0.05, 0) is 72.3 Å². The van der Waals surface area contributed by atoms with Crippen LogP contribution in [0.25, 0.3) is 0 Å². The van der Waals surface area contributed by atoms with Gasteiger partial charge in [0.15, 0.2) is 6.61 Å². The second kappa shape index (κ2) is 10.4. The number of anilines is 1. The minimum absolute atomic E-state index is 0.115. The highest BCUT2D eigenvalue weighted by atomic mass is 127. The van der Waals surface area contributed by atoms with E-state index in [-0.39, 0.29) is 12.5 Å². The van der Waals surface area contributed by atoms with Crippen molar-refractivity contribution >= 4 is 52.0 Å². The van der Waals surface area contributed by atoms with Crippen molar-refractivity contribution < 1.29 is 9.53 Å². The predicted molar refractivity (Wildman–Crippen MR) is 115 cm³/mol. The summed E-state index contributed by atoms with van der Waals surface area (Å²) in [7, 11) is 0. The number of hydrazone groups is 1. The third-order valence-electron chi connectivity index (χ3n) is 3.68. The SMILES string of the molecule is CCN(CC)c1ccc(/C=N/NC(=O)COc2ccc(Cl)cc2I)cc1. The van der Waals surface area contributed by atoms with Gasteiger partial charge in [0.05, 0.1) is 9.78 Å². The quantitative estimate of drug-likeness (QED) is 0.344. The van der Waals surface area contributed by atoms with Crippen LogP contribution in [0.5, 0.6) is 5.75 Å². The lowest BCUT2D eigenvalue weighted by atomic mass is 10.2. The molecule has 0 unspecified atom stereocenters. The molecule has 0 heterocycles. The molecule has 1 N–H and O–H groups in total. The molecule has 0 aliphatic heterocycles. The molecule has 0 radical (unpaired) electrons. The summed E-state index contributed by atoms with van der Waals surface area (Å²) in [5.74, 6) is 0.285. The number of carbonyl (C=O) groups excluding carboxylic acids is 1. The van der Waals surface area contributed by atoms with Crippen molar-refractivity contribution in [2.45, 2.75) is 13.8 Å². The lowest BCUT2D eigenvalue weighted by molar-refractivity contribution is -0.123. The monoisotopic (exact) mass is 485 g/mol. The lowest BCUT2D eigenvalue weighted by Gasteiger charge is -2.20. The summed E-state index contributed by atoms with van der Waals surface area (Å²) in [6, 6.07) is 13.2. The first kappa shape index (κ1) is 20.5. The van der Waals surface area contributed by atoms with Crippen molar-refractivity contribution in [3.8, 4) is 5.75 Å². The van der Waals surface area contributed by atoms with Gasteiger partial charge in [0.2, 0.25) is 0 Å². The Morgan fingerprint density at radius 2 is 1.92 bits per heavy atom. The third-order valence-corrected chi connectivity index (χ3v) is 4.76. The average molecular weight is 486 g/mol. The van der Waals surface area contributed by atoms with Gasteiger partial charge in [-0.3, -0.25) is 4.79 Å². The van der Waals surface area contributed by atoms with Gasteiger partial charge in [-0.1, -0.05) is 23.7 Å². The third kappa shape index (κ3) is 6.17. The van der Waals surface area contributed by atoms with Crippen LogP contribution in [-0.4, -0.2) is 31.8 Å². The van der Waals surface area contributed by atoms with E-state index in [9.17, 15) is 4.79 Å². The number of rotatable bonds is 8. The van der Waals surface area contributed by atoms with Gasteiger partial charge in [0.25, 0.3) is 5.91 Å². The maximum absolute atomic E-state index is 11.8. The molecule has 2 aromatic rings. The first-order chi connectivity index (χ1) is 12.5. The molecule has 0 saturated carbocycles. The maximum Gasteiger partial charge on any atom is 0.277 e. The van der Waals surface area contributed by atoms with E-state index >= 15 is 0 Å². The minimum atomic E-state index is -0.327. The van der Waals surface area contributed by atoms with Crippen molar-refractivity contribution in [2.24, 2.45) is 5.10 Å². The van der Waals surface area contributed by atoms with E-state index in [4.69, 9.17) is 16.3 Å². The van der Waals surface area contributed by atoms with E-state index < -0.39 is 0 Å². The zero-order valence-electron chi connectivity index (χ0n) is 14.7. The molecule has 26 heavy (non-hydrogen) atoms. The van der Waals surface area contributed by atoms with Crippen molar-refractivity contribution in [3.63, 3.8) is 0 Å². The number of halogens is 2. The number of nitrogens with zero attached hydrogens (tertiary/aromatic N) is 2. The average Bonchev–Trinajstić information content (AvgIpc) is 2.63. The predicted octanol–water partition coefficient (Wildman–Crippen LogP) is 4.32. The van der Waals surface area contributed by atoms with Gasteiger partial charge in [-0.2, -0.15) is 5.10 Å². The standard InChI is InChI=1S/C19H21ClIN3O2/c1-3-24(4-2)16-8-5-14(6-9-16)12-22-23-19(25)13-26-18-10-7-15(20)11-17(18)21/h5-12H,3-4,13H2,1-2H3,(H,23,25)/b22-12+. The fourth-order valence-electron chi connectivity index (χ4n) is 2.31. The van der Waals surface area contributed by atoms with Crippen LogP contribution in [0, 0.1) is 3.57 Å². The normalized spacial score (nSPS) is 10.8. The van der Waals surface area contributed by atoms with Crippen LogP contribution >= 0.6 is 34.2 Å². The molecule has 0 saturated heterocycles. The highest BCUT2D eigenvalue weighted by molar-refractivity contribution is 14.1. The van der Waals surface area contributed by atoms with Gasteiger partial charge in [0, 0.05) is 23.8 Å². The molecule has 2 aromatic carbocycles. The summed E-state index contributed by atoms with van der Waals surface area (Å²) in [4.78, 5) is 14.1. The van der Waals surface area contributed by atoms with Crippen LogP contribution in [0.3, 0.4) is 0 Å². The molecular weight excluding hydrogens is 465 g/mol. The summed E-state index contributed by atoms with van der Waals surface area (Å²) >= 11 is 8.00. The molecule has 0 fully saturated rings. The molecule has 0 atom stereocenters. The molecule has 0 aliphatic carbocycles. The molecule has 0 aliphatic rings. The Balaban J connectivity index is 1.83. The van der Waals surface area contributed by atoms with Gasteiger partial charge < -0.3 is 9.64 Å². The Hall–Kier alpha value is -1.80. The molecule has 1 amide bonds. The molecule has 2 rings (SSSR count). The van der Waals surface area contributed by atoms with Crippen molar-refractivity contribution in [1.29, 1.82) is 0 Å². The van der Waals surface area contributed by atoms with E-state index in [0.717, 1.165) is 22.2 Å².